The Bertz CT molecular complexity index is 236. The summed E-state index contributed by atoms with van der Waals surface area (Å²) in [5, 5.41) is 15.5. The predicted molar refractivity (Wildman–Crippen MR) is 65.7 cm³/mol. The van der Waals surface area contributed by atoms with E-state index in [1.54, 1.807) is 0 Å². The van der Waals surface area contributed by atoms with Gasteiger partial charge in [0.15, 0.2) is 0 Å². The number of hydrogen-bond acceptors (Lipinski definition) is 4. The molecular formula is C12H24N2O3. The molecule has 0 spiro atoms. The fourth-order valence-electron chi connectivity index (χ4n) is 2.02. The van der Waals surface area contributed by atoms with E-state index < -0.39 is 12.2 Å². The van der Waals surface area contributed by atoms with E-state index in [4.69, 9.17) is 4.74 Å². The SMILES string of the molecule is CCC1OC(C(=O)NCCCCNC)CC1O. The van der Waals surface area contributed by atoms with Crippen LogP contribution in [-0.2, 0) is 9.53 Å². The number of carbonyl (C=O) groups excluding carboxylic acids is 1. The van der Waals surface area contributed by atoms with Gasteiger partial charge >= 0.3 is 0 Å². The smallest absolute Gasteiger partial charge is 0.249 e. The highest BCUT2D eigenvalue weighted by molar-refractivity contribution is 5.81. The van der Waals surface area contributed by atoms with E-state index in [0.717, 1.165) is 25.8 Å². The van der Waals surface area contributed by atoms with Crippen LogP contribution in [0.4, 0.5) is 0 Å². The maximum absolute atomic E-state index is 11.7. The molecule has 3 atom stereocenters. The molecule has 1 fully saturated rings. The molecule has 1 aliphatic rings. The van der Waals surface area contributed by atoms with Crippen molar-refractivity contribution in [3.05, 3.63) is 0 Å². The largest absolute Gasteiger partial charge is 0.390 e. The lowest BCUT2D eigenvalue weighted by molar-refractivity contribution is -0.132. The molecule has 0 saturated carbocycles. The van der Waals surface area contributed by atoms with Crippen molar-refractivity contribution in [1.82, 2.24) is 10.6 Å². The van der Waals surface area contributed by atoms with Crippen LogP contribution in [-0.4, -0.2) is 49.5 Å². The first-order valence-corrected chi connectivity index (χ1v) is 6.44. The number of nitrogens with one attached hydrogen (secondary N) is 2. The van der Waals surface area contributed by atoms with Crippen LogP contribution >= 0.6 is 0 Å². The standard InChI is InChI=1S/C12H24N2O3/c1-3-10-9(15)8-11(17-10)12(16)14-7-5-4-6-13-2/h9-11,13,15H,3-8H2,1-2H3,(H,14,16). The fourth-order valence-corrected chi connectivity index (χ4v) is 2.02. The second-order valence-corrected chi connectivity index (χ2v) is 4.48. The molecule has 1 amide bonds. The summed E-state index contributed by atoms with van der Waals surface area (Å²) >= 11 is 0. The highest BCUT2D eigenvalue weighted by Gasteiger charge is 2.36. The van der Waals surface area contributed by atoms with Crippen LogP contribution in [0, 0.1) is 0 Å². The Balaban J connectivity index is 2.16. The van der Waals surface area contributed by atoms with E-state index in [9.17, 15) is 9.90 Å². The molecule has 0 aromatic rings. The minimum absolute atomic E-state index is 0.0931. The van der Waals surface area contributed by atoms with Gasteiger partial charge in [-0.3, -0.25) is 4.79 Å². The third-order valence-electron chi connectivity index (χ3n) is 3.07. The number of aliphatic hydroxyl groups excluding tert-OH is 1. The zero-order valence-corrected chi connectivity index (χ0v) is 10.7. The third-order valence-corrected chi connectivity index (χ3v) is 3.07. The quantitative estimate of drug-likeness (QED) is 0.553. The summed E-state index contributed by atoms with van der Waals surface area (Å²) in [5.41, 5.74) is 0. The first kappa shape index (κ1) is 14.4. The highest BCUT2D eigenvalue weighted by atomic mass is 16.5. The van der Waals surface area contributed by atoms with Gasteiger partial charge in [-0.05, 0) is 32.9 Å². The Morgan fingerprint density at radius 3 is 2.71 bits per heavy atom. The Kier molecular flexibility index (Phi) is 6.47. The molecule has 0 radical (unpaired) electrons. The zero-order chi connectivity index (χ0) is 12.7. The topological polar surface area (TPSA) is 70.6 Å². The summed E-state index contributed by atoms with van der Waals surface area (Å²) < 4.78 is 5.49. The van der Waals surface area contributed by atoms with Crippen LogP contribution in [0.3, 0.4) is 0 Å². The molecule has 0 aromatic heterocycles. The summed E-state index contributed by atoms with van der Waals surface area (Å²) in [5.74, 6) is -0.0931. The molecule has 1 saturated heterocycles. The summed E-state index contributed by atoms with van der Waals surface area (Å²) in [6.07, 6.45) is 2.00. The Morgan fingerprint density at radius 1 is 1.41 bits per heavy atom. The van der Waals surface area contributed by atoms with Gasteiger partial charge in [-0.2, -0.15) is 0 Å². The van der Waals surface area contributed by atoms with E-state index in [-0.39, 0.29) is 12.0 Å². The van der Waals surface area contributed by atoms with Crippen molar-refractivity contribution in [2.24, 2.45) is 0 Å². The van der Waals surface area contributed by atoms with Gasteiger partial charge in [-0.25, -0.2) is 0 Å². The minimum Gasteiger partial charge on any atom is -0.390 e. The average Bonchev–Trinajstić information content (AvgIpc) is 2.70. The average molecular weight is 244 g/mol. The van der Waals surface area contributed by atoms with Gasteiger partial charge < -0.3 is 20.5 Å². The second kappa shape index (κ2) is 7.63. The van der Waals surface area contributed by atoms with Crippen molar-refractivity contribution in [1.29, 1.82) is 0 Å². The van der Waals surface area contributed by atoms with E-state index in [1.807, 2.05) is 14.0 Å². The van der Waals surface area contributed by atoms with Gasteiger partial charge in [0.25, 0.3) is 0 Å². The number of hydrogen-bond donors (Lipinski definition) is 3. The zero-order valence-electron chi connectivity index (χ0n) is 10.7. The normalized spacial score (nSPS) is 28.3. The molecule has 3 N–H and O–H groups in total. The van der Waals surface area contributed by atoms with Crippen molar-refractivity contribution in [2.45, 2.75) is 50.9 Å². The number of unbranched alkanes of at least 4 members (excludes halogenated alkanes) is 1. The van der Waals surface area contributed by atoms with E-state index in [1.165, 1.54) is 0 Å². The summed E-state index contributed by atoms with van der Waals surface area (Å²) in [4.78, 5) is 11.7. The molecule has 17 heavy (non-hydrogen) atoms. The van der Waals surface area contributed by atoms with Crippen LogP contribution in [0.2, 0.25) is 0 Å². The van der Waals surface area contributed by atoms with Crippen molar-refractivity contribution >= 4 is 5.91 Å². The van der Waals surface area contributed by atoms with Crippen molar-refractivity contribution < 1.29 is 14.6 Å². The molecule has 100 valence electrons. The van der Waals surface area contributed by atoms with E-state index >= 15 is 0 Å². The first-order chi connectivity index (χ1) is 8.19. The lowest BCUT2D eigenvalue weighted by Gasteiger charge is -2.12. The summed E-state index contributed by atoms with van der Waals surface area (Å²) in [7, 11) is 1.91. The molecular weight excluding hydrogens is 220 g/mol. The van der Waals surface area contributed by atoms with Gasteiger partial charge in [0.1, 0.15) is 6.10 Å². The van der Waals surface area contributed by atoms with E-state index in [0.29, 0.717) is 13.0 Å². The molecule has 3 unspecified atom stereocenters. The van der Waals surface area contributed by atoms with Crippen molar-refractivity contribution in [3.8, 4) is 0 Å². The van der Waals surface area contributed by atoms with Crippen LogP contribution in [0.25, 0.3) is 0 Å². The predicted octanol–water partition coefficient (Wildman–Crippen LogP) is 0.0306. The fraction of sp³-hybridized carbons (Fsp3) is 0.917. The number of amides is 1. The molecule has 0 aromatic carbocycles. The van der Waals surface area contributed by atoms with Gasteiger partial charge in [0.2, 0.25) is 5.91 Å². The number of ether oxygens (including phenoxy) is 1. The maximum Gasteiger partial charge on any atom is 0.249 e. The number of carbonyl (C=O) groups is 1. The van der Waals surface area contributed by atoms with Crippen LogP contribution < -0.4 is 10.6 Å². The molecule has 1 aliphatic heterocycles. The molecule has 5 heteroatoms. The van der Waals surface area contributed by atoms with Crippen molar-refractivity contribution in [3.63, 3.8) is 0 Å². The second-order valence-electron chi connectivity index (χ2n) is 4.48. The third kappa shape index (κ3) is 4.61. The van der Waals surface area contributed by atoms with E-state index in [2.05, 4.69) is 10.6 Å². The molecule has 0 bridgehead atoms. The summed E-state index contributed by atoms with van der Waals surface area (Å²) in [6.45, 7) is 3.59. The van der Waals surface area contributed by atoms with Crippen LogP contribution in [0.1, 0.15) is 32.6 Å². The lowest BCUT2D eigenvalue weighted by atomic mass is 10.1. The van der Waals surface area contributed by atoms with Crippen LogP contribution in [0.15, 0.2) is 0 Å². The maximum atomic E-state index is 11.7. The molecule has 0 aliphatic carbocycles. The monoisotopic (exact) mass is 244 g/mol. The van der Waals surface area contributed by atoms with Gasteiger partial charge in [-0.15, -0.1) is 0 Å². The van der Waals surface area contributed by atoms with Gasteiger partial charge in [0.05, 0.1) is 12.2 Å². The Morgan fingerprint density at radius 2 is 2.12 bits per heavy atom. The first-order valence-electron chi connectivity index (χ1n) is 6.44. The van der Waals surface area contributed by atoms with Crippen LogP contribution in [0.5, 0.6) is 0 Å². The van der Waals surface area contributed by atoms with Gasteiger partial charge in [0, 0.05) is 13.0 Å². The highest BCUT2D eigenvalue weighted by Crippen LogP contribution is 2.22. The Labute approximate surface area is 103 Å². The molecule has 1 rings (SSSR count). The molecule has 5 nitrogen and oxygen atoms in total. The summed E-state index contributed by atoms with van der Waals surface area (Å²) in [6, 6.07) is 0. The number of rotatable bonds is 7. The van der Waals surface area contributed by atoms with Gasteiger partial charge in [-0.1, -0.05) is 6.92 Å². The Hall–Kier alpha value is -0.650. The minimum atomic E-state index is -0.500. The van der Waals surface area contributed by atoms with Crippen molar-refractivity contribution in [2.75, 3.05) is 20.1 Å². The molecule has 1 heterocycles. The lowest BCUT2D eigenvalue weighted by Crippen LogP contribution is -2.35. The number of aliphatic hydroxyl groups is 1.